The lowest BCUT2D eigenvalue weighted by atomic mass is 10.1. The lowest BCUT2D eigenvalue weighted by Gasteiger charge is -2.14. The number of thiazole rings is 1. The normalized spacial score (nSPS) is 12.4. The van der Waals surface area contributed by atoms with Crippen molar-refractivity contribution in [1.82, 2.24) is 4.98 Å². The molecule has 0 saturated carbocycles. The molecule has 5 heteroatoms. The van der Waals surface area contributed by atoms with Crippen molar-refractivity contribution in [2.45, 2.75) is 39.8 Å². The molecule has 108 valence electrons. The standard InChI is InChI=1S/C15H19BrN2OS/c1-9(17)7-12-5-4-6-13(16)15(12)19-8-14-18-10(2)11(3)20-14/h4-6,9H,7-8,17H2,1-3H3. The first kappa shape index (κ1) is 15.5. The van der Waals surface area contributed by atoms with Gasteiger partial charge in [0.25, 0.3) is 0 Å². The largest absolute Gasteiger partial charge is 0.485 e. The van der Waals surface area contributed by atoms with Crippen LogP contribution in [0.4, 0.5) is 0 Å². The minimum Gasteiger partial charge on any atom is -0.485 e. The third kappa shape index (κ3) is 3.81. The van der Waals surface area contributed by atoms with Crippen LogP contribution in [0.5, 0.6) is 5.75 Å². The van der Waals surface area contributed by atoms with Crippen LogP contribution in [0.25, 0.3) is 0 Å². The van der Waals surface area contributed by atoms with Gasteiger partial charge in [0, 0.05) is 10.9 Å². The second kappa shape index (κ2) is 6.70. The molecule has 2 N–H and O–H groups in total. The fourth-order valence-corrected chi connectivity index (χ4v) is 3.33. The number of aromatic nitrogens is 1. The Morgan fingerprint density at radius 1 is 1.40 bits per heavy atom. The number of aryl methyl sites for hydroxylation is 2. The van der Waals surface area contributed by atoms with Crippen LogP contribution >= 0.6 is 27.3 Å². The summed E-state index contributed by atoms with van der Waals surface area (Å²) in [5.41, 5.74) is 8.10. The lowest BCUT2D eigenvalue weighted by molar-refractivity contribution is 0.299. The summed E-state index contributed by atoms with van der Waals surface area (Å²) < 4.78 is 6.93. The Hall–Kier alpha value is -0.910. The monoisotopic (exact) mass is 354 g/mol. The molecule has 0 radical (unpaired) electrons. The van der Waals surface area contributed by atoms with Crippen molar-refractivity contribution >= 4 is 27.3 Å². The third-order valence-electron chi connectivity index (χ3n) is 3.00. The van der Waals surface area contributed by atoms with E-state index in [4.69, 9.17) is 10.5 Å². The van der Waals surface area contributed by atoms with E-state index in [0.717, 1.165) is 32.9 Å². The first-order valence-corrected chi connectivity index (χ1v) is 8.17. The number of para-hydroxylation sites is 1. The predicted octanol–water partition coefficient (Wildman–Crippen LogP) is 3.99. The van der Waals surface area contributed by atoms with E-state index >= 15 is 0 Å². The number of hydrogen-bond donors (Lipinski definition) is 1. The minimum absolute atomic E-state index is 0.107. The van der Waals surface area contributed by atoms with Gasteiger partial charge in [0.05, 0.1) is 10.2 Å². The van der Waals surface area contributed by atoms with Gasteiger partial charge in [-0.1, -0.05) is 12.1 Å². The minimum atomic E-state index is 0.107. The maximum absolute atomic E-state index is 5.97. The lowest BCUT2D eigenvalue weighted by Crippen LogP contribution is -2.18. The molecular formula is C15H19BrN2OS. The van der Waals surface area contributed by atoms with Gasteiger partial charge in [-0.05, 0) is 54.8 Å². The first-order chi connectivity index (χ1) is 9.47. The fourth-order valence-electron chi connectivity index (χ4n) is 1.96. The molecule has 2 aromatic rings. The SMILES string of the molecule is Cc1nc(COc2c(Br)cccc2CC(C)N)sc1C. The van der Waals surface area contributed by atoms with E-state index in [1.54, 1.807) is 11.3 Å². The zero-order valence-electron chi connectivity index (χ0n) is 11.9. The predicted molar refractivity (Wildman–Crippen MR) is 87.4 cm³/mol. The van der Waals surface area contributed by atoms with E-state index < -0.39 is 0 Å². The van der Waals surface area contributed by atoms with E-state index in [-0.39, 0.29) is 6.04 Å². The number of nitrogens with two attached hydrogens (primary N) is 1. The molecule has 1 aromatic heterocycles. The van der Waals surface area contributed by atoms with Gasteiger partial charge in [0.15, 0.2) is 0 Å². The van der Waals surface area contributed by atoms with E-state index in [1.165, 1.54) is 4.88 Å². The van der Waals surface area contributed by atoms with Crippen LogP contribution in [0, 0.1) is 13.8 Å². The van der Waals surface area contributed by atoms with Crippen molar-refractivity contribution in [2.75, 3.05) is 0 Å². The third-order valence-corrected chi connectivity index (χ3v) is 4.67. The van der Waals surface area contributed by atoms with Crippen molar-refractivity contribution in [3.8, 4) is 5.75 Å². The van der Waals surface area contributed by atoms with Gasteiger partial charge in [0.2, 0.25) is 0 Å². The van der Waals surface area contributed by atoms with E-state index in [2.05, 4.69) is 33.9 Å². The summed E-state index contributed by atoms with van der Waals surface area (Å²) in [5, 5.41) is 1.00. The fraction of sp³-hybridized carbons (Fsp3) is 0.400. The van der Waals surface area contributed by atoms with Crippen molar-refractivity contribution in [3.63, 3.8) is 0 Å². The molecular weight excluding hydrogens is 336 g/mol. The molecule has 1 heterocycles. The van der Waals surface area contributed by atoms with Gasteiger partial charge >= 0.3 is 0 Å². The highest BCUT2D eigenvalue weighted by Gasteiger charge is 2.11. The van der Waals surface area contributed by atoms with Crippen LogP contribution in [0.15, 0.2) is 22.7 Å². The molecule has 0 bridgehead atoms. The zero-order chi connectivity index (χ0) is 14.7. The summed E-state index contributed by atoms with van der Waals surface area (Å²) >= 11 is 5.23. The molecule has 0 fully saturated rings. The number of hydrogen-bond acceptors (Lipinski definition) is 4. The zero-order valence-corrected chi connectivity index (χ0v) is 14.3. The van der Waals surface area contributed by atoms with E-state index in [9.17, 15) is 0 Å². The molecule has 0 aliphatic carbocycles. The molecule has 20 heavy (non-hydrogen) atoms. The molecule has 3 nitrogen and oxygen atoms in total. The van der Waals surface area contributed by atoms with Crippen LogP contribution in [-0.4, -0.2) is 11.0 Å². The highest BCUT2D eigenvalue weighted by molar-refractivity contribution is 9.10. The highest BCUT2D eigenvalue weighted by Crippen LogP contribution is 2.31. The number of nitrogens with zero attached hydrogens (tertiary/aromatic N) is 1. The average molecular weight is 355 g/mol. The molecule has 0 aliphatic heterocycles. The summed E-state index contributed by atoms with van der Waals surface area (Å²) in [6.07, 6.45) is 0.796. The molecule has 0 amide bonds. The Morgan fingerprint density at radius 3 is 2.75 bits per heavy atom. The second-order valence-electron chi connectivity index (χ2n) is 4.95. The maximum Gasteiger partial charge on any atom is 0.140 e. The molecule has 0 saturated heterocycles. The molecule has 1 atom stereocenters. The summed E-state index contributed by atoms with van der Waals surface area (Å²) in [6, 6.07) is 6.16. The van der Waals surface area contributed by atoms with Crippen molar-refractivity contribution in [1.29, 1.82) is 0 Å². The Labute approximate surface area is 132 Å². The van der Waals surface area contributed by atoms with Crippen LogP contribution in [-0.2, 0) is 13.0 Å². The Kier molecular flexibility index (Phi) is 5.18. The summed E-state index contributed by atoms with van der Waals surface area (Å²) in [7, 11) is 0. The average Bonchev–Trinajstić information content (AvgIpc) is 2.67. The van der Waals surface area contributed by atoms with Crippen LogP contribution in [0.1, 0.15) is 28.1 Å². The smallest absolute Gasteiger partial charge is 0.140 e. The van der Waals surface area contributed by atoms with Gasteiger partial charge in [-0.25, -0.2) is 4.98 Å². The molecule has 1 unspecified atom stereocenters. The number of rotatable bonds is 5. The van der Waals surface area contributed by atoms with Crippen molar-refractivity contribution in [3.05, 3.63) is 43.8 Å². The Morgan fingerprint density at radius 2 is 2.15 bits per heavy atom. The summed E-state index contributed by atoms with van der Waals surface area (Å²) in [6.45, 7) is 6.60. The summed E-state index contributed by atoms with van der Waals surface area (Å²) in [5.74, 6) is 0.871. The summed E-state index contributed by atoms with van der Waals surface area (Å²) in [4.78, 5) is 5.74. The van der Waals surface area contributed by atoms with Gasteiger partial charge < -0.3 is 10.5 Å². The van der Waals surface area contributed by atoms with Gasteiger partial charge in [-0.3, -0.25) is 0 Å². The molecule has 2 rings (SSSR count). The van der Waals surface area contributed by atoms with E-state index in [1.807, 2.05) is 26.0 Å². The maximum atomic E-state index is 5.97. The quantitative estimate of drug-likeness (QED) is 0.882. The molecule has 0 aliphatic rings. The van der Waals surface area contributed by atoms with Crippen LogP contribution in [0.3, 0.4) is 0 Å². The number of ether oxygens (including phenoxy) is 1. The highest BCUT2D eigenvalue weighted by atomic mass is 79.9. The van der Waals surface area contributed by atoms with Gasteiger partial charge in [-0.2, -0.15) is 0 Å². The number of benzene rings is 1. The second-order valence-corrected chi connectivity index (χ2v) is 7.09. The molecule has 1 aromatic carbocycles. The van der Waals surface area contributed by atoms with Gasteiger partial charge in [0.1, 0.15) is 17.4 Å². The first-order valence-electron chi connectivity index (χ1n) is 6.56. The topological polar surface area (TPSA) is 48.1 Å². The van der Waals surface area contributed by atoms with Crippen molar-refractivity contribution in [2.24, 2.45) is 5.73 Å². The Bertz CT molecular complexity index is 576. The van der Waals surface area contributed by atoms with Crippen molar-refractivity contribution < 1.29 is 4.74 Å². The number of halogens is 1. The van der Waals surface area contributed by atoms with Crippen LogP contribution in [0.2, 0.25) is 0 Å². The van der Waals surface area contributed by atoms with Crippen LogP contribution < -0.4 is 10.5 Å². The Balaban J connectivity index is 2.15. The molecule has 0 spiro atoms. The van der Waals surface area contributed by atoms with Gasteiger partial charge in [-0.15, -0.1) is 11.3 Å². The van der Waals surface area contributed by atoms with E-state index in [0.29, 0.717) is 6.61 Å².